The lowest BCUT2D eigenvalue weighted by atomic mass is 9.90. The molecular formula is C16H21N3O2S. The number of aryl methyl sites for hydroxylation is 2. The largest absolute Gasteiger partial charge is 0.496 e. The lowest BCUT2D eigenvalue weighted by Gasteiger charge is -2.31. The zero-order valence-corrected chi connectivity index (χ0v) is 14.3. The van der Waals surface area contributed by atoms with E-state index < -0.39 is 0 Å². The van der Waals surface area contributed by atoms with Crippen LogP contribution < -0.4 is 20.7 Å². The van der Waals surface area contributed by atoms with Crippen LogP contribution in [0.25, 0.3) is 0 Å². The monoisotopic (exact) mass is 319 g/mol. The van der Waals surface area contributed by atoms with Crippen molar-refractivity contribution in [3.8, 4) is 5.75 Å². The van der Waals surface area contributed by atoms with Crippen molar-refractivity contribution >= 4 is 23.2 Å². The van der Waals surface area contributed by atoms with Crippen molar-refractivity contribution in [1.29, 1.82) is 0 Å². The molecule has 1 aromatic rings. The first-order valence-corrected chi connectivity index (χ1v) is 7.45. The summed E-state index contributed by atoms with van der Waals surface area (Å²) in [5.41, 5.74) is 4.48. The summed E-state index contributed by atoms with van der Waals surface area (Å²) in [4.78, 5) is 12.3. The highest BCUT2D eigenvalue weighted by Crippen LogP contribution is 2.32. The van der Waals surface area contributed by atoms with Gasteiger partial charge in [0.25, 0.3) is 5.91 Å². The normalized spacial score (nSPS) is 17.7. The summed E-state index contributed by atoms with van der Waals surface area (Å²) in [5.74, 6) is 0.706. The molecule has 0 bridgehead atoms. The molecule has 1 aliphatic rings. The Bertz CT molecular complexity index is 668. The molecule has 2 rings (SSSR count). The maximum absolute atomic E-state index is 12.3. The summed E-state index contributed by atoms with van der Waals surface area (Å²) in [5, 5.41) is 9.42. The van der Waals surface area contributed by atoms with Crippen LogP contribution in [0, 0.1) is 13.8 Å². The van der Waals surface area contributed by atoms with Crippen LogP contribution in [-0.4, -0.2) is 25.2 Å². The number of nitrogens with one attached hydrogen (secondary N) is 3. The van der Waals surface area contributed by atoms with E-state index in [2.05, 4.69) is 16.0 Å². The first kappa shape index (κ1) is 16.3. The molecule has 0 spiro atoms. The van der Waals surface area contributed by atoms with Crippen molar-refractivity contribution in [3.05, 3.63) is 40.1 Å². The zero-order valence-electron chi connectivity index (χ0n) is 13.5. The van der Waals surface area contributed by atoms with E-state index in [4.69, 9.17) is 17.0 Å². The number of hydrogen-bond donors (Lipinski definition) is 3. The summed E-state index contributed by atoms with van der Waals surface area (Å²) < 4.78 is 5.36. The summed E-state index contributed by atoms with van der Waals surface area (Å²) in [7, 11) is 3.28. The molecule has 0 saturated carbocycles. The summed E-state index contributed by atoms with van der Waals surface area (Å²) in [6, 6.07) is 3.74. The van der Waals surface area contributed by atoms with E-state index in [0.717, 1.165) is 28.1 Å². The Labute approximate surface area is 136 Å². The van der Waals surface area contributed by atoms with Gasteiger partial charge in [0.2, 0.25) is 0 Å². The molecule has 0 aromatic heterocycles. The number of thiocarbonyl (C=S) groups is 1. The fraction of sp³-hybridized carbons (Fsp3) is 0.375. The van der Waals surface area contributed by atoms with Gasteiger partial charge in [-0.2, -0.15) is 0 Å². The molecule has 1 amide bonds. The van der Waals surface area contributed by atoms with Crippen molar-refractivity contribution < 1.29 is 9.53 Å². The molecule has 1 aliphatic heterocycles. The minimum absolute atomic E-state index is 0.127. The van der Waals surface area contributed by atoms with E-state index in [0.29, 0.717) is 10.7 Å². The fourth-order valence-electron chi connectivity index (χ4n) is 2.71. The standard InChI is InChI=1S/C16H21N3O2S/c1-8-7-12(21-5)9(2)6-11(8)14-13(15(20)17-4)10(3)18-16(22)19-14/h6-7,14H,1-5H3,(H,17,20)(H2,18,19,22)/t14-/m0/s1. The molecule has 0 saturated heterocycles. The van der Waals surface area contributed by atoms with Gasteiger partial charge in [-0.05, 0) is 61.8 Å². The highest BCUT2D eigenvalue weighted by Gasteiger charge is 2.30. The third-order valence-electron chi connectivity index (χ3n) is 3.84. The van der Waals surface area contributed by atoms with Gasteiger partial charge in [0.1, 0.15) is 5.75 Å². The number of methoxy groups -OCH3 is 1. The van der Waals surface area contributed by atoms with E-state index in [-0.39, 0.29) is 11.9 Å². The predicted octanol–water partition coefficient (Wildman–Crippen LogP) is 1.85. The zero-order chi connectivity index (χ0) is 16.4. The number of carbonyl (C=O) groups excluding carboxylic acids is 1. The van der Waals surface area contributed by atoms with Gasteiger partial charge in [0.15, 0.2) is 5.11 Å². The van der Waals surface area contributed by atoms with Gasteiger partial charge in [0.05, 0.1) is 18.7 Å². The average molecular weight is 319 g/mol. The maximum Gasteiger partial charge on any atom is 0.251 e. The Morgan fingerprint density at radius 3 is 2.55 bits per heavy atom. The van der Waals surface area contributed by atoms with Gasteiger partial charge in [-0.3, -0.25) is 4.79 Å². The third-order valence-corrected chi connectivity index (χ3v) is 4.06. The van der Waals surface area contributed by atoms with Gasteiger partial charge >= 0.3 is 0 Å². The Kier molecular flexibility index (Phi) is 4.71. The van der Waals surface area contributed by atoms with Crippen LogP contribution in [0.15, 0.2) is 23.4 Å². The molecule has 1 heterocycles. The van der Waals surface area contributed by atoms with Gasteiger partial charge < -0.3 is 20.7 Å². The van der Waals surface area contributed by atoms with Crippen LogP contribution in [0.5, 0.6) is 5.75 Å². The minimum Gasteiger partial charge on any atom is -0.496 e. The number of rotatable bonds is 3. The minimum atomic E-state index is -0.279. The van der Waals surface area contributed by atoms with Crippen LogP contribution in [0.4, 0.5) is 0 Å². The van der Waals surface area contributed by atoms with Crippen LogP contribution in [0.1, 0.15) is 29.7 Å². The van der Waals surface area contributed by atoms with Crippen molar-refractivity contribution in [1.82, 2.24) is 16.0 Å². The van der Waals surface area contributed by atoms with Gasteiger partial charge in [-0.15, -0.1) is 0 Å². The lowest BCUT2D eigenvalue weighted by molar-refractivity contribution is -0.117. The lowest BCUT2D eigenvalue weighted by Crippen LogP contribution is -2.46. The first-order valence-electron chi connectivity index (χ1n) is 7.04. The summed E-state index contributed by atoms with van der Waals surface area (Å²) in [6.07, 6.45) is 0. The van der Waals surface area contributed by atoms with Gasteiger partial charge in [-0.1, -0.05) is 0 Å². The maximum atomic E-state index is 12.3. The van der Waals surface area contributed by atoms with Crippen molar-refractivity contribution in [2.45, 2.75) is 26.8 Å². The Hall–Kier alpha value is -2.08. The topological polar surface area (TPSA) is 62.4 Å². The second-order valence-electron chi connectivity index (χ2n) is 5.33. The van der Waals surface area contributed by atoms with Crippen molar-refractivity contribution in [2.75, 3.05) is 14.2 Å². The number of allylic oxidation sites excluding steroid dienone is 1. The number of carbonyl (C=O) groups is 1. The highest BCUT2D eigenvalue weighted by molar-refractivity contribution is 7.80. The summed E-state index contributed by atoms with van der Waals surface area (Å²) in [6.45, 7) is 5.84. The quantitative estimate of drug-likeness (QED) is 0.742. The van der Waals surface area contributed by atoms with Crippen LogP contribution in [0.2, 0.25) is 0 Å². The molecule has 1 aromatic carbocycles. The van der Waals surface area contributed by atoms with E-state index in [1.807, 2.05) is 32.9 Å². The van der Waals surface area contributed by atoms with Crippen molar-refractivity contribution in [3.63, 3.8) is 0 Å². The van der Waals surface area contributed by atoms with E-state index in [1.54, 1.807) is 14.2 Å². The number of likely N-dealkylation sites (N-methyl/N-ethyl adjacent to an activating group) is 1. The average Bonchev–Trinajstić information content (AvgIpc) is 2.47. The molecule has 1 atom stereocenters. The van der Waals surface area contributed by atoms with Crippen molar-refractivity contribution in [2.24, 2.45) is 0 Å². The second-order valence-corrected chi connectivity index (χ2v) is 5.74. The SMILES string of the molecule is CNC(=O)C1=C(C)NC(=S)N[C@H]1c1cc(C)c(OC)cc1C. The fourth-order valence-corrected chi connectivity index (χ4v) is 2.98. The van der Waals surface area contributed by atoms with Gasteiger partial charge in [0, 0.05) is 12.7 Å². The summed E-state index contributed by atoms with van der Waals surface area (Å²) >= 11 is 5.25. The molecule has 0 unspecified atom stereocenters. The molecule has 22 heavy (non-hydrogen) atoms. The van der Waals surface area contributed by atoms with E-state index in [1.165, 1.54) is 0 Å². The number of benzene rings is 1. The molecule has 6 heteroatoms. The van der Waals surface area contributed by atoms with E-state index in [9.17, 15) is 4.79 Å². The Morgan fingerprint density at radius 1 is 1.27 bits per heavy atom. The molecule has 5 nitrogen and oxygen atoms in total. The van der Waals surface area contributed by atoms with Crippen LogP contribution >= 0.6 is 12.2 Å². The Morgan fingerprint density at radius 2 is 1.95 bits per heavy atom. The van der Waals surface area contributed by atoms with Gasteiger partial charge in [-0.25, -0.2) is 0 Å². The Balaban J connectivity index is 2.58. The predicted molar refractivity (Wildman–Crippen MR) is 90.8 cm³/mol. The van der Waals surface area contributed by atoms with Crippen LogP contribution in [0.3, 0.4) is 0 Å². The number of amides is 1. The molecule has 0 radical (unpaired) electrons. The third kappa shape index (κ3) is 2.92. The highest BCUT2D eigenvalue weighted by atomic mass is 32.1. The number of ether oxygens (including phenoxy) is 1. The molecule has 0 fully saturated rings. The molecular weight excluding hydrogens is 298 g/mol. The molecule has 118 valence electrons. The van der Waals surface area contributed by atoms with Crippen LogP contribution in [-0.2, 0) is 4.79 Å². The second kappa shape index (κ2) is 6.36. The molecule has 3 N–H and O–H groups in total. The van der Waals surface area contributed by atoms with E-state index >= 15 is 0 Å². The smallest absolute Gasteiger partial charge is 0.251 e. The molecule has 0 aliphatic carbocycles. The number of hydrogen-bond acceptors (Lipinski definition) is 3. The first-order chi connectivity index (χ1) is 10.4.